The summed E-state index contributed by atoms with van der Waals surface area (Å²) < 4.78 is 32.4. The van der Waals surface area contributed by atoms with Gasteiger partial charge < -0.3 is 14.2 Å². The fraction of sp³-hybridized carbons (Fsp3) is 0.667. The summed E-state index contributed by atoms with van der Waals surface area (Å²) in [5.74, 6) is -1.85. The number of rotatable bonds is 2. The Labute approximate surface area is 132 Å². The molecule has 0 aromatic carbocycles. The minimum atomic E-state index is -1.06. The number of ether oxygens (including phenoxy) is 3. The summed E-state index contributed by atoms with van der Waals surface area (Å²) in [6, 6.07) is 0. The van der Waals surface area contributed by atoms with Crippen LogP contribution in [0.1, 0.15) is 20.1 Å². The number of fused-ring (bicyclic) bond motifs is 1. The highest BCUT2D eigenvalue weighted by molar-refractivity contribution is 14.1. The fourth-order valence-electron chi connectivity index (χ4n) is 2.66. The number of alkyl halides is 1. The maximum atomic E-state index is 13.5. The Kier molecular flexibility index (Phi) is 3.71. The lowest BCUT2D eigenvalue weighted by Crippen LogP contribution is -2.38. The molecule has 0 amide bonds. The van der Waals surface area contributed by atoms with Gasteiger partial charge in [0, 0.05) is 4.43 Å². The lowest BCUT2D eigenvalue weighted by atomic mass is 10.1. The van der Waals surface area contributed by atoms with E-state index in [1.54, 1.807) is 13.8 Å². The number of hydrogen-bond donors (Lipinski definition) is 1. The molecular formula is C12H14FIN2O5. The minimum Gasteiger partial charge on any atom is -0.348 e. The van der Waals surface area contributed by atoms with Crippen LogP contribution >= 0.6 is 22.6 Å². The molecule has 116 valence electrons. The summed E-state index contributed by atoms with van der Waals surface area (Å²) in [7, 11) is 0. The molecule has 0 radical (unpaired) electrons. The normalized spacial score (nSPS) is 34.1. The van der Waals surface area contributed by atoms with Crippen LogP contribution in [0.15, 0.2) is 15.8 Å². The molecule has 21 heavy (non-hydrogen) atoms. The van der Waals surface area contributed by atoms with E-state index in [-0.39, 0.29) is 12.2 Å². The van der Waals surface area contributed by atoms with Gasteiger partial charge in [-0.3, -0.25) is 14.3 Å². The highest BCUT2D eigenvalue weighted by atomic mass is 127. The monoisotopic (exact) mass is 412 g/mol. The van der Waals surface area contributed by atoms with Gasteiger partial charge in [0.25, 0.3) is 5.56 Å². The standard InChI is InChI=1S/C12H14FIN2O5/c1-12(2)20-7-6(3-14)19-10(8(7)21-12)16-4-5(13)9(17)15-11(16)18/h4,6-8,10H,3H2,1-2H3,(H,15,17,18)/t6-,7?,8+,10-/m0/s1. The Hall–Kier alpha value is -0.780. The molecule has 0 bridgehead atoms. The highest BCUT2D eigenvalue weighted by Gasteiger charge is 2.55. The number of aromatic amines is 1. The van der Waals surface area contributed by atoms with Crippen molar-refractivity contribution in [2.75, 3.05) is 4.43 Å². The second kappa shape index (κ2) is 5.14. The number of halogens is 2. The average Bonchev–Trinajstić information content (AvgIpc) is 2.87. The second-order valence-corrected chi connectivity index (χ2v) is 6.31. The Balaban J connectivity index is 2.01. The van der Waals surface area contributed by atoms with Crippen LogP contribution in [0.25, 0.3) is 0 Å². The zero-order valence-corrected chi connectivity index (χ0v) is 13.5. The van der Waals surface area contributed by atoms with Crippen molar-refractivity contribution in [1.29, 1.82) is 0 Å². The molecule has 0 spiro atoms. The van der Waals surface area contributed by atoms with E-state index in [1.165, 1.54) is 0 Å². The molecule has 9 heteroatoms. The van der Waals surface area contributed by atoms with Gasteiger partial charge in [-0.2, -0.15) is 4.39 Å². The molecule has 1 aromatic rings. The number of hydrogen-bond acceptors (Lipinski definition) is 5. The smallest absolute Gasteiger partial charge is 0.330 e. The van der Waals surface area contributed by atoms with Crippen LogP contribution in [0, 0.1) is 5.82 Å². The predicted octanol–water partition coefficient (Wildman–Crippen LogP) is 0.528. The predicted molar refractivity (Wildman–Crippen MR) is 77.9 cm³/mol. The van der Waals surface area contributed by atoms with Crippen molar-refractivity contribution in [2.24, 2.45) is 0 Å². The van der Waals surface area contributed by atoms with Crippen molar-refractivity contribution < 1.29 is 18.6 Å². The summed E-state index contributed by atoms with van der Waals surface area (Å²) >= 11 is 2.15. The van der Waals surface area contributed by atoms with Gasteiger partial charge >= 0.3 is 5.69 Å². The fourth-order valence-corrected chi connectivity index (χ4v) is 3.37. The number of nitrogens with one attached hydrogen (secondary N) is 1. The van der Waals surface area contributed by atoms with Crippen molar-refractivity contribution in [3.8, 4) is 0 Å². The van der Waals surface area contributed by atoms with Crippen LogP contribution < -0.4 is 11.2 Å². The van der Waals surface area contributed by atoms with Crippen molar-refractivity contribution >= 4 is 22.6 Å². The van der Waals surface area contributed by atoms with Gasteiger partial charge in [0.2, 0.25) is 5.82 Å². The lowest BCUT2D eigenvalue weighted by molar-refractivity contribution is -0.194. The molecule has 0 aliphatic carbocycles. The van der Waals surface area contributed by atoms with Gasteiger partial charge in [0.05, 0.1) is 12.3 Å². The Morgan fingerprint density at radius 2 is 2.05 bits per heavy atom. The van der Waals surface area contributed by atoms with Crippen molar-refractivity contribution in [3.63, 3.8) is 0 Å². The molecule has 4 atom stereocenters. The molecule has 2 aliphatic heterocycles. The molecule has 2 fully saturated rings. The summed E-state index contributed by atoms with van der Waals surface area (Å²) in [5, 5.41) is 0. The molecule has 3 heterocycles. The summed E-state index contributed by atoms with van der Waals surface area (Å²) in [6.07, 6.45) is -1.15. The largest absolute Gasteiger partial charge is 0.348 e. The van der Waals surface area contributed by atoms with E-state index in [2.05, 4.69) is 22.6 Å². The maximum absolute atomic E-state index is 13.5. The van der Waals surface area contributed by atoms with Crippen molar-refractivity contribution in [3.05, 3.63) is 32.9 Å². The third-order valence-electron chi connectivity index (χ3n) is 3.48. The van der Waals surface area contributed by atoms with Gasteiger partial charge in [-0.15, -0.1) is 0 Å². The van der Waals surface area contributed by atoms with Crippen LogP contribution in [0.3, 0.4) is 0 Å². The Morgan fingerprint density at radius 3 is 2.71 bits per heavy atom. The van der Waals surface area contributed by atoms with E-state index in [0.717, 1.165) is 10.8 Å². The summed E-state index contributed by atoms with van der Waals surface area (Å²) in [4.78, 5) is 24.9. The summed E-state index contributed by atoms with van der Waals surface area (Å²) in [6.45, 7) is 3.53. The first-order valence-corrected chi connectivity index (χ1v) is 7.93. The molecule has 1 N–H and O–H groups in total. The molecular weight excluding hydrogens is 398 g/mol. The second-order valence-electron chi connectivity index (χ2n) is 5.43. The lowest BCUT2D eigenvalue weighted by Gasteiger charge is -2.24. The average molecular weight is 412 g/mol. The van der Waals surface area contributed by atoms with Gasteiger partial charge in [-0.25, -0.2) is 4.79 Å². The molecule has 7 nitrogen and oxygen atoms in total. The number of nitrogens with zero attached hydrogens (tertiary/aromatic N) is 1. The van der Waals surface area contributed by atoms with E-state index in [0.29, 0.717) is 4.43 Å². The molecule has 2 saturated heterocycles. The first-order chi connectivity index (χ1) is 9.82. The van der Waals surface area contributed by atoms with E-state index in [9.17, 15) is 14.0 Å². The first kappa shape index (κ1) is 15.1. The summed E-state index contributed by atoms with van der Waals surface area (Å²) in [5.41, 5.74) is -1.80. The Bertz CT molecular complexity index is 672. The maximum Gasteiger partial charge on any atom is 0.330 e. The molecule has 1 unspecified atom stereocenters. The minimum absolute atomic E-state index is 0.274. The zero-order chi connectivity index (χ0) is 15.4. The molecule has 3 rings (SSSR count). The van der Waals surface area contributed by atoms with E-state index in [1.807, 2.05) is 4.98 Å². The van der Waals surface area contributed by atoms with E-state index in [4.69, 9.17) is 14.2 Å². The third-order valence-corrected chi connectivity index (χ3v) is 4.34. The van der Waals surface area contributed by atoms with Crippen molar-refractivity contribution in [2.45, 2.75) is 44.2 Å². The van der Waals surface area contributed by atoms with Crippen LogP contribution in [0.2, 0.25) is 0 Å². The van der Waals surface area contributed by atoms with Crippen LogP contribution in [0.4, 0.5) is 4.39 Å². The van der Waals surface area contributed by atoms with Crippen LogP contribution in [-0.2, 0) is 14.2 Å². The topological polar surface area (TPSA) is 82.5 Å². The van der Waals surface area contributed by atoms with E-state index < -0.39 is 35.2 Å². The molecule has 2 aliphatic rings. The van der Waals surface area contributed by atoms with E-state index >= 15 is 0 Å². The van der Waals surface area contributed by atoms with Gasteiger partial charge in [0.1, 0.15) is 12.2 Å². The first-order valence-electron chi connectivity index (χ1n) is 6.40. The van der Waals surface area contributed by atoms with Gasteiger partial charge in [-0.1, -0.05) is 22.6 Å². The molecule has 1 aromatic heterocycles. The molecule has 0 saturated carbocycles. The SMILES string of the molecule is CC1(C)OC2[C@H](CI)O[C@H](n3cc(F)c(=O)[nH]c3=O)[C@@H]2O1. The van der Waals surface area contributed by atoms with Crippen molar-refractivity contribution in [1.82, 2.24) is 9.55 Å². The Morgan fingerprint density at radius 1 is 1.38 bits per heavy atom. The number of H-pyrrole nitrogens is 1. The van der Waals surface area contributed by atoms with Gasteiger partial charge in [0.15, 0.2) is 12.0 Å². The highest BCUT2D eigenvalue weighted by Crippen LogP contribution is 2.42. The van der Waals surface area contributed by atoms with Gasteiger partial charge in [-0.05, 0) is 13.8 Å². The number of aromatic nitrogens is 2. The zero-order valence-electron chi connectivity index (χ0n) is 11.3. The van der Waals surface area contributed by atoms with Crippen LogP contribution in [-0.4, -0.2) is 38.1 Å². The third kappa shape index (κ3) is 2.56. The quantitative estimate of drug-likeness (QED) is 0.566. The van der Waals surface area contributed by atoms with Crippen LogP contribution in [0.5, 0.6) is 0 Å².